The summed E-state index contributed by atoms with van der Waals surface area (Å²) in [6, 6.07) is 7.74. The Kier molecular flexibility index (Phi) is 5.91. The molecule has 0 radical (unpaired) electrons. The molecule has 1 aliphatic carbocycles. The van der Waals surface area contributed by atoms with Crippen LogP contribution in [-0.4, -0.2) is 68.7 Å². The van der Waals surface area contributed by atoms with Gasteiger partial charge in [0.25, 0.3) is 5.56 Å². The van der Waals surface area contributed by atoms with Crippen LogP contribution in [-0.2, 0) is 4.79 Å². The van der Waals surface area contributed by atoms with Crippen molar-refractivity contribution >= 4 is 28.6 Å². The largest absolute Gasteiger partial charge is 0.481 e. The fraction of sp³-hybridized carbons (Fsp3) is 0.458. The first kappa shape index (κ1) is 22.3. The normalized spacial score (nSPS) is 21.6. The zero-order valence-corrected chi connectivity index (χ0v) is 19.2. The Hall–Kier alpha value is -3.53. The number of carbonyl (C=O) groups is 1. The standard InChI is InChI=1S/C24H29N7O3/c1-29-10-12-30(13-11-29)17-6-2-15(3-7-17)19-23(32)31(18-8-4-16(5-9-18)24(33)34)22-20(28-19)21(25)26-14-27-22/h2-3,6-7,14,16,18H,4-5,8-13H2,1H3,(H,33,34)(H2,25,26,27). The second-order valence-corrected chi connectivity index (χ2v) is 9.25. The first-order valence-electron chi connectivity index (χ1n) is 11.7. The summed E-state index contributed by atoms with van der Waals surface area (Å²) in [6.45, 7) is 3.96. The number of anilines is 2. The van der Waals surface area contributed by atoms with Gasteiger partial charge in [0.15, 0.2) is 11.5 Å². The molecule has 1 saturated carbocycles. The summed E-state index contributed by atoms with van der Waals surface area (Å²) in [5.41, 5.74) is 8.81. The highest BCUT2D eigenvalue weighted by molar-refractivity contribution is 5.83. The first-order valence-corrected chi connectivity index (χ1v) is 11.7. The van der Waals surface area contributed by atoms with Crippen LogP contribution in [0.4, 0.5) is 11.5 Å². The molecular weight excluding hydrogens is 434 g/mol. The molecule has 0 bridgehead atoms. The number of nitrogens with two attached hydrogens (primary N) is 1. The Bertz CT molecular complexity index is 1260. The van der Waals surface area contributed by atoms with Crippen LogP contribution in [0.15, 0.2) is 35.4 Å². The Labute approximate surface area is 197 Å². The van der Waals surface area contributed by atoms with Gasteiger partial charge in [-0.3, -0.25) is 14.2 Å². The number of hydrogen-bond acceptors (Lipinski definition) is 8. The van der Waals surface area contributed by atoms with Gasteiger partial charge in [-0.2, -0.15) is 0 Å². The minimum atomic E-state index is -0.780. The van der Waals surface area contributed by atoms with E-state index in [1.165, 1.54) is 6.33 Å². The fourth-order valence-electron chi connectivity index (χ4n) is 5.04. The summed E-state index contributed by atoms with van der Waals surface area (Å²) in [5, 5.41) is 9.36. The topological polar surface area (TPSA) is 130 Å². The third kappa shape index (κ3) is 4.09. The molecule has 10 nitrogen and oxygen atoms in total. The van der Waals surface area contributed by atoms with Crippen molar-refractivity contribution in [3.05, 3.63) is 40.9 Å². The van der Waals surface area contributed by atoms with Gasteiger partial charge in [0, 0.05) is 43.5 Å². The number of fused-ring (bicyclic) bond motifs is 1. The molecule has 3 N–H and O–H groups in total. The third-order valence-corrected chi connectivity index (χ3v) is 7.12. The number of carboxylic acids is 1. The zero-order valence-electron chi connectivity index (χ0n) is 19.2. The van der Waals surface area contributed by atoms with E-state index in [1.54, 1.807) is 4.57 Å². The van der Waals surface area contributed by atoms with E-state index in [1.807, 2.05) is 24.3 Å². The number of piperazine rings is 1. The molecule has 2 aromatic heterocycles. The molecule has 1 aliphatic heterocycles. The lowest BCUT2D eigenvalue weighted by Gasteiger charge is -2.34. The number of likely N-dealkylation sites (N-methyl/N-ethyl adjacent to an activating group) is 1. The molecule has 0 amide bonds. The van der Waals surface area contributed by atoms with Gasteiger partial charge in [0.1, 0.15) is 17.5 Å². The Morgan fingerprint density at radius 2 is 1.71 bits per heavy atom. The van der Waals surface area contributed by atoms with E-state index in [4.69, 9.17) is 5.73 Å². The second-order valence-electron chi connectivity index (χ2n) is 9.25. The van der Waals surface area contributed by atoms with Gasteiger partial charge < -0.3 is 20.6 Å². The van der Waals surface area contributed by atoms with E-state index in [2.05, 4.69) is 31.8 Å². The average molecular weight is 464 g/mol. The molecule has 5 rings (SSSR count). The molecule has 0 unspecified atom stereocenters. The summed E-state index contributed by atoms with van der Waals surface area (Å²) in [4.78, 5) is 42.7. The molecule has 2 fully saturated rings. The Balaban J connectivity index is 1.53. The fourth-order valence-corrected chi connectivity index (χ4v) is 5.04. The van der Waals surface area contributed by atoms with Crippen LogP contribution in [0.3, 0.4) is 0 Å². The summed E-state index contributed by atoms with van der Waals surface area (Å²) in [7, 11) is 2.13. The Morgan fingerprint density at radius 1 is 1.03 bits per heavy atom. The molecule has 1 saturated heterocycles. The van der Waals surface area contributed by atoms with Gasteiger partial charge in [0.2, 0.25) is 0 Å². The van der Waals surface area contributed by atoms with Crippen LogP contribution < -0.4 is 16.2 Å². The molecule has 3 heterocycles. The van der Waals surface area contributed by atoms with Gasteiger partial charge in [0.05, 0.1) is 5.92 Å². The third-order valence-electron chi connectivity index (χ3n) is 7.12. The molecule has 0 spiro atoms. The molecule has 178 valence electrons. The number of hydrogen-bond donors (Lipinski definition) is 2. The van der Waals surface area contributed by atoms with E-state index in [-0.39, 0.29) is 23.3 Å². The van der Waals surface area contributed by atoms with Crippen molar-refractivity contribution in [1.82, 2.24) is 24.4 Å². The maximum Gasteiger partial charge on any atom is 0.306 e. The molecule has 0 atom stereocenters. The summed E-state index contributed by atoms with van der Waals surface area (Å²) < 4.78 is 1.65. The molecule has 34 heavy (non-hydrogen) atoms. The zero-order chi connectivity index (χ0) is 23.8. The number of nitrogen functional groups attached to an aromatic ring is 1. The van der Waals surface area contributed by atoms with Crippen LogP contribution in [0.5, 0.6) is 0 Å². The number of rotatable bonds is 4. The highest BCUT2D eigenvalue weighted by Crippen LogP contribution is 2.34. The SMILES string of the molecule is CN1CCN(c2ccc(-c3nc4c(N)ncnc4n(C4CCC(C(=O)O)CC4)c3=O)cc2)CC1. The van der Waals surface area contributed by atoms with Crippen LogP contribution >= 0.6 is 0 Å². The van der Waals surface area contributed by atoms with Crippen LogP contribution in [0.25, 0.3) is 22.4 Å². The van der Waals surface area contributed by atoms with E-state index >= 15 is 0 Å². The van der Waals surface area contributed by atoms with Gasteiger partial charge in [-0.15, -0.1) is 0 Å². The lowest BCUT2D eigenvalue weighted by Crippen LogP contribution is -2.44. The van der Waals surface area contributed by atoms with Crippen LogP contribution in [0.2, 0.25) is 0 Å². The molecule has 2 aliphatic rings. The highest BCUT2D eigenvalue weighted by atomic mass is 16.4. The summed E-state index contributed by atoms with van der Waals surface area (Å²) in [6.07, 6.45) is 3.55. The predicted molar refractivity (Wildman–Crippen MR) is 130 cm³/mol. The van der Waals surface area contributed by atoms with Gasteiger partial charge in [-0.25, -0.2) is 15.0 Å². The van der Waals surface area contributed by atoms with Crippen molar-refractivity contribution in [3.8, 4) is 11.3 Å². The molecule has 10 heteroatoms. The second kappa shape index (κ2) is 9.02. The van der Waals surface area contributed by atoms with Crippen molar-refractivity contribution < 1.29 is 9.90 Å². The quantitative estimate of drug-likeness (QED) is 0.596. The summed E-state index contributed by atoms with van der Waals surface area (Å²) in [5.74, 6) is -0.937. The minimum absolute atomic E-state index is 0.161. The smallest absolute Gasteiger partial charge is 0.306 e. The maximum absolute atomic E-state index is 13.7. The monoisotopic (exact) mass is 463 g/mol. The van der Waals surface area contributed by atoms with E-state index < -0.39 is 5.97 Å². The number of nitrogens with zero attached hydrogens (tertiary/aromatic N) is 6. The number of benzene rings is 1. The van der Waals surface area contributed by atoms with Gasteiger partial charge in [-0.05, 0) is 44.9 Å². The molecule has 1 aromatic carbocycles. The number of carboxylic acid groups (broad SMARTS) is 1. The minimum Gasteiger partial charge on any atom is -0.481 e. The Morgan fingerprint density at radius 3 is 2.35 bits per heavy atom. The number of aromatic nitrogens is 4. The van der Waals surface area contributed by atoms with Crippen molar-refractivity contribution in [3.63, 3.8) is 0 Å². The van der Waals surface area contributed by atoms with Gasteiger partial charge >= 0.3 is 5.97 Å². The van der Waals surface area contributed by atoms with Crippen molar-refractivity contribution in [2.75, 3.05) is 43.9 Å². The van der Waals surface area contributed by atoms with E-state index in [0.29, 0.717) is 48.1 Å². The molecule has 3 aromatic rings. The van der Waals surface area contributed by atoms with Crippen LogP contribution in [0, 0.1) is 5.92 Å². The average Bonchev–Trinajstić information content (AvgIpc) is 2.85. The summed E-state index contributed by atoms with van der Waals surface area (Å²) >= 11 is 0. The van der Waals surface area contributed by atoms with E-state index in [9.17, 15) is 14.7 Å². The lowest BCUT2D eigenvalue weighted by molar-refractivity contribution is -0.143. The van der Waals surface area contributed by atoms with E-state index in [0.717, 1.165) is 31.9 Å². The van der Waals surface area contributed by atoms with Crippen LogP contribution in [0.1, 0.15) is 31.7 Å². The molecular formula is C24H29N7O3. The van der Waals surface area contributed by atoms with Crippen molar-refractivity contribution in [2.45, 2.75) is 31.7 Å². The van der Waals surface area contributed by atoms with Crippen molar-refractivity contribution in [2.24, 2.45) is 5.92 Å². The maximum atomic E-state index is 13.7. The van der Waals surface area contributed by atoms with Gasteiger partial charge in [-0.1, -0.05) is 12.1 Å². The predicted octanol–water partition coefficient (Wildman–Crippen LogP) is 2.00. The lowest BCUT2D eigenvalue weighted by atomic mass is 9.86. The highest BCUT2D eigenvalue weighted by Gasteiger charge is 2.30. The first-order chi connectivity index (χ1) is 16.4. The number of aliphatic carboxylic acids is 1. The van der Waals surface area contributed by atoms with Crippen molar-refractivity contribution in [1.29, 1.82) is 0 Å².